The van der Waals surface area contributed by atoms with Crippen molar-refractivity contribution in [2.45, 2.75) is 32.1 Å². The lowest BCUT2D eigenvalue weighted by Crippen LogP contribution is -2.20. The molecule has 24 heteroatoms. The van der Waals surface area contributed by atoms with E-state index in [0.717, 1.165) is 42.7 Å². The number of methoxy groups -OCH3 is 6. The van der Waals surface area contributed by atoms with Crippen molar-refractivity contribution in [3.05, 3.63) is 0 Å². The van der Waals surface area contributed by atoms with Gasteiger partial charge in [-0.1, -0.05) is 0 Å². The van der Waals surface area contributed by atoms with Crippen LogP contribution in [0.4, 0.5) is 0 Å². The molecule has 0 aromatic carbocycles. The lowest BCUT2D eigenvalue weighted by molar-refractivity contribution is -0.173. The summed E-state index contributed by atoms with van der Waals surface area (Å²) in [4.78, 5) is 129. The van der Waals surface area contributed by atoms with Crippen molar-refractivity contribution in [3.8, 4) is 0 Å². The second-order valence-corrected chi connectivity index (χ2v) is 7.96. The molecule has 24 nitrogen and oxygen atoms in total. The van der Waals surface area contributed by atoms with Gasteiger partial charge in [0.1, 0.15) is 32.1 Å². The highest BCUT2D eigenvalue weighted by molar-refractivity contribution is 5.94. The highest BCUT2D eigenvalue weighted by Gasteiger charge is 2.17. The second-order valence-electron chi connectivity index (χ2n) is 7.96. The SMILES string of the molecule is COC(=O)CC(=O)OCOC(=O)CC(=O)OC.COC(=O)CC(=O)OCOC(=O)CC(=O)OC.COC(=O)COC(=O)CC(=O)OCC(=O)OC. The Hall–Kier alpha value is -6.36. The van der Waals surface area contributed by atoms with Gasteiger partial charge in [0.05, 0.1) is 42.7 Å². The zero-order chi connectivity index (χ0) is 39.8. The molecule has 0 saturated carbocycles. The maximum absolute atomic E-state index is 10.9. The van der Waals surface area contributed by atoms with Crippen LogP contribution in [0.5, 0.6) is 0 Å². The molecule has 0 aromatic rings. The normalized spacial score (nSPS) is 9.06. The average Bonchev–Trinajstić information content (AvgIpc) is 3.09. The Labute approximate surface area is 288 Å². The van der Waals surface area contributed by atoms with Crippen molar-refractivity contribution in [2.24, 2.45) is 0 Å². The Morgan fingerprint density at radius 3 is 0.627 bits per heavy atom. The van der Waals surface area contributed by atoms with E-state index in [0.29, 0.717) is 0 Å². The summed E-state index contributed by atoms with van der Waals surface area (Å²) in [7, 11) is 6.72. The number of ether oxygens (including phenoxy) is 12. The molecule has 0 aliphatic heterocycles. The fourth-order valence-electron chi connectivity index (χ4n) is 1.90. The van der Waals surface area contributed by atoms with Crippen LogP contribution in [-0.4, -0.2) is 141 Å². The molecule has 0 aromatic heterocycles. The first-order chi connectivity index (χ1) is 24.0. The minimum Gasteiger partial charge on any atom is -0.469 e. The van der Waals surface area contributed by atoms with Crippen molar-refractivity contribution < 1.29 is 114 Å². The van der Waals surface area contributed by atoms with Gasteiger partial charge in [-0.05, 0) is 0 Å². The number of carbonyl (C=O) groups excluding carboxylic acids is 12. The lowest BCUT2D eigenvalue weighted by atomic mass is 10.4. The Balaban J connectivity index is -0.000000678. The minimum atomic E-state index is -0.953. The van der Waals surface area contributed by atoms with E-state index in [1.165, 1.54) is 0 Å². The third kappa shape index (κ3) is 33.3. The fraction of sp³-hybridized carbons (Fsp3) is 0.556. The summed E-state index contributed by atoms with van der Waals surface area (Å²) < 4.78 is 51.4. The molecular weight excluding hydrogens is 708 g/mol. The van der Waals surface area contributed by atoms with E-state index >= 15 is 0 Å². The Morgan fingerprint density at radius 1 is 0.255 bits per heavy atom. The molecule has 0 amide bonds. The summed E-state index contributed by atoms with van der Waals surface area (Å²) in [6, 6.07) is 0. The van der Waals surface area contributed by atoms with E-state index in [9.17, 15) is 57.5 Å². The molecule has 0 spiro atoms. The first kappa shape index (κ1) is 49.0. The Kier molecular flexibility index (Phi) is 29.7. The molecule has 0 heterocycles. The van der Waals surface area contributed by atoms with Gasteiger partial charge in [0.15, 0.2) is 13.2 Å². The topological polar surface area (TPSA) is 316 Å². The molecule has 0 aliphatic carbocycles. The average molecular weight is 745 g/mol. The summed E-state index contributed by atoms with van der Waals surface area (Å²) in [5, 5.41) is 0. The highest BCUT2D eigenvalue weighted by Crippen LogP contribution is 1.95. The van der Waals surface area contributed by atoms with Crippen LogP contribution in [0.2, 0.25) is 0 Å². The van der Waals surface area contributed by atoms with Crippen molar-refractivity contribution in [3.63, 3.8) is 0 Å². The summed E-state index contributed by atoms with van der Waals surface area (Å²) in [5.41, 5.74) is 0. The van der Waals surface area contributed by atoms with Crippen molar-refractivity contribution in [1.29, 1.82) is 0 Å². The molecule has 0 bridgehead atoms. The molecular formula is C27H36O24. The molecule has 0 aliphatic rings. The molecule has 0 rings (SSSR count). The molecule has 51 heavy (non-hydrogen) atoms. The van der Waals surface area contributed by atoms with E-state index in [2.05, 4.69) is 56.8 Å². The number of hydrogen-bond acceptors (Lipinski definition) is 24. The third-order valence-electron chi connectivity index (χ3n) is 4.39. The van der Waals surface area contributed by atoms with Gasteiger partial charge in [0, 0.05) is 0 Å². The van der Waals surface area contributed by atoms with Gasteiger partial charge in [0.2, 0.25) is 13.6 Å². The fourth-order valence-corrected chi connectivity index (χ4v) is 1.90. The Morgan fingerprint density at radius 2 is 0.431 bits per heavy atom. The lowest BCUT2D eigenvalue weighted by Gasteiger charge is -2.05. The van der Waals surface area contributed by atoms with E-state index in [4.69, 9.17) is 0 Å². The molecule has 288 valence electrons. The number of rotatable bonds is 18. The Bertz CT molecular complexity index is 1070. The maximum Gasteiger partial charge on any atom is 0.344 e. The monoisotopic (exact) mass is 744 g/mol. The van der Waals surface area contributed by atoms with E-state index in [-0.39, 0.29) is 0 Å². The van der Waals surface area contributed by atoms with Gasteiger partial charge in [-0.25, -0.2) is 9.59 Å². The van der Waals surface area contributed by atoms with Gasteiger partial charge in [-0.15, -0.1) is 0 Å². The zero-order valence-corrected chi connectivity index (χ0v) is 28.2. The van der Waals surface area contributed by atoms with Gasteiger partial charge in [-0.2, -0.15) is 0 Å². The van der Waals surface area contributed by atoms with E-state index in [1.807, 2.05) is 0 Å². The number of carbonyl (C=O) groups is 12. The molecule has 0 unspecified atom stereocenters. The standard InChI is InChI=1S/3C9H12O8/c2*1-14-6(10)3-8(12)16-5-17-9(13)4-7(11)15-2;1-14-8(12)4-16-6(10)3-7(11)17-5-9(13)15-2/h3*3-5H2,1-2H3. The van der Waals surface area contributed by atoms with Crippen molar-refractivity contribution in [2.75, 3.05) is 69.5 Å². The maximum atomic E-state index is 10.9. The quantitative estimate of drug-likeness (QED) is 0.0589. The van der Waals surface area contributed by atoms with Crippen LogP contribution < -0.4 is 0 Å². The summed E-state index contributed by atoms with van der Waals surface area (Å²) >= 11 is 0. The van der Waals surface area contributed by atoms with Crippen LogP contribution in [0.15, 0.2) is 0 Å². The first-order valence-corrected chi connectivity index (χ1v) is 13.3. The second kappa shape index (κ2) is 30.9. The summed E-state index contributed by atoms with van der Waals surface area (Å²) in [5.74, 6) is -10.1. The number of esters is 12. The van der Waals surface area contributed by atoms with Crippen LogP contribution in [0.25, 0.3) is 0 Å². The van der Waals surface area contributed by atoms with Crippen molar-refractivity contribution in [1.82, 2.24) is 0 Å². The molecule has 0 atom stereocenters. The van der Waals surface area contributed by atoms with E-state index < -0.39 is 131 Å². The van der Waals surface area contributed by atoms with Crippen LogP contribution in [0.1, 0.15) is 32.1 Å². The first-order valence-electron chi connectivity index (χ1n) is 13.3. The van der Waals surface area contributed by atoms with Gasteiger partial charge in [-0.3, -0.25) is 47.9 Å². The van der Waals surface area contributed by atoms with Crippen LogP contribution in [0.3, 0.4) is 0 Å². The summed E-state index contributed by atoms with van der Waals surface area (Å²) in [6.45, 7) is -2.52. The predicted molar refractivity (Wildman–Crippen MR) is 151 cm³/mol. The predicted octanol–water partition coefficient (Wildman–Crippen LogP) is -2.88. The van der Waals surface area contributed by atoms with Gasteiger partial charge < -0.3 is 56.8 Å². The largest absolute Gasteiger partial charge is 0.469 e. The van der Waals surface area contributed by atoms with Crippen LogP contribution in [0, 0.1) is 0 Å². The van der Waals surface area contributed by atoms with Crippen LogP contribution >= 0.6 is 0 Å². The van der Waals surface area contributed by atoms with E-state index in [1.54, 1.807) is 0 Å². The van der Waals surface area contributed by atoms with Gasteiger partial charge >= 0.3 is 71.6 Å². The minimum absolute atomic E-state index is 0.578. The molecule has 0 fully saturated rings. The third-order valence-corrected chi connectivity index (χ3v) is 4.39. The number of hydrogen-bond donors (Lipinski definition) is 0. The highest BCUT2D eigenvalue weighted by atomic mass is 16.7. The zero-order valence-electron chi connectivity index (χ0n) is 28.2. The smallest absolute Gasteiger partial charge is 0.344 e. The molecule has 0 saturated heterocycles. The van der Waals surface area contributed by atoms with Crippen molar-refractivity contribution >= 4 is 71.6 Å². The molecule has 0 N–H and O–H groups in total. The molecule has 0 radical (unpaired) electrons. The van der Waals surface area contributed by atoms with Gasteiger partial charge in [0.25, 0.3) is 0 Å². The summed E-state index contributed by atoms with van der Waals surface area (Å²) in [6.07, 6.45) is -3.01. The van der Waals surface area contributed by atoms with Crippen LogP contribution in [-0.2, 0) is 114 Å².